The predicted octanol–water partition coefficient (Wildman–Crippen LogP) is 2.01. The number of hydrogen-bond acceptors (Lipinski definition) is 7. The highest BCUT2D eigenvalue weighted by atomic mass is 16.5. The number of benzene rings is 2. The van der Waals surface area contributed by atoms with Gasteiger partial charge in [-0.25, -0.2) is 9.80 Å². The summed E-state index contributed by atoms with van der Waals surface area (Å²) in [5, 5.41) is 16.5. The van der Waals surface area contributed by atoms with Gasteiger partial charge in [0.15, 0.2) is 0 Å². The van der Waals surface area contributed by atoms with E-state index in [1.807, 2.05) is 18.2 Å². The van der Waals surface area contributed by atoms with Crippen molar-refractivity contribution in [1.29, 1.82) is 0 Å². The van der Waals surface area contributed by atoms with Crippen LogP contribution in [0.15, 0.2) is 63.2 Å². The van der Waals surface area contributed by atoms with Crippen molar-refractivity contribution in [2.75, 3.05) is 14.2 Å². The maximum atomic E-state index is 12.7. The first-order valence-corrected chi connectivity index (χ1v) is 10.5. The largest absolute Gasteiger partial charge is 0.497 e. The number of hydrazone groups is 1. The van der Waals surface area contributed by atoms with Crippen LogP contribution in [0.5, 0.6) is 17.4 Å². The summed E-state index contributed by atoms with van der Waals surface area (Å²) in [7, 11) is 3.04. The number of nitrogens with one attached hydrogen (secondary N) is 1. The number of amides is 1. The molecule has 1 aliphatic rings. The van der Waals surface area contributed by atoms with Crippen molar-refractivity contribution >= 4 is 11.6 Å². The fourth-order valence-electron chi connectivity index (χ4n) is 4.03. The Labute approximate surface area is 194 Å². The smallest absolute Gasteiger partial charge is 0.331 e. The molecule has 1 aliphatic heterocycles. The first-order valence-electron chi connectivity index (χ1n) is 10.5. The van der Waals surface area contributed by atoms with Crippen LogP contribution in [-0.2, 0) is 11.3 Å². The first kappa shape index (κ1) is 22.8. The molecule has 10 heteroatoms. The van der Waals surface area contributed by atoms with Crippen LogP contribution in [0.3, 0.4) is 0 Å². The van der Waals surface area contributed by atoms with Crippen LogP contribution in [0.1, 0.15) is 36.1 Å². The first-order chi connectivity index (χ1) is 16.3. The molecule has 176 valence electrons. The maximum absolute atomic E-state index is 12.7. The van der Waals surface area contributed by atoms with Gasteiger partial charge >= 0.3 is 5.69 Å². The number of hydrogen-bond donors (Lipinski definition) is 2. The molecule has 1 aromatic heterocycles. The average Bonchev–Trinajstić information content (AvgIpc) is 3.27. The highest BCUT2D eigenvalue weighted by Gasteiger charge is 2.36. The van der Waals surface area contributed by atoms with E-state index in [9.17, 15) is 19.5 Å². The number of aromatic hydroxyl groups is 1. The van der Waals surface area contributed by atoms with Gasteiger partial charge in [0.05, 0.1) is 32.5 Å². The molecule has 1 amide bonds. The van der Waals surface area contributed by atoms with E-state index in [-0.39, 0.29) is 30.1 Å². The van der Waals surface area contributed by atoms with Crippen molar-refractivity contribution < 1.29 is 19.4 Å². The van der Waals surface area contributed by atoms with E-state index in [1.165, 1.54) is 26.2 Å². The van der Waals surface area contributed by atoms with Gasteiger partial charge < -0.3 is 14.6 Å². The molecule has 0 saturated heterocycles. The fraction of sp³-hybridized carbons (Fsp3) is 0.250. The van der Waals surface area contributed by atoms with Crippen LogP contribution >= 0.6 is 0 Å². The topological polar surface area (TPSA) is 126 Å². The maximum Gasteiger partial charge on any atom is 0.331 e. The van der Waals surface area contributed by atoms with Gasteiger partial charge in [-0.15, -0.1) is 0 Å². The molecule has 0 spiro atoms. The molecule has 2 heterocycles. The summed E-state index contributed by atoms with van der Waals surface area (Å²) in [5.41, 5.74) is -0.132. The molecule has 4 rings (SSSR count). The molecular weight excluding hydrogens is 440 g/mol. The SMILES string of the molecule is COc1ccc(OC)c([C@@H]2CC(c3c(O)n(Cc4ccccc4)c(=O)[nH]c3=O)=NN2C(C)=O)c1. The quantitative estimate of drug-likeness (QED) is 0.575. The number of aromatic amines is 1. The Hall–Kier alpha value is -4.34. The summed E-state index contributed by atoms with van der Waals surface area (Å²) in [4.78, 5) is 39.9. The Morgan fingerprint density at radius 3 is 2.53 bits per heavy atom. The van der Waals surface area contributed by atoms with Gasteiger partial charge in [-0.1, -0.05) is 30.3 Å². The lowest BCUT2D eigenvalue weighted by Crippen LogP contribution is -2.34. The van der Waals surface area contributed by atoms with Gasteiger partial charge in [0.1, 0.15) is 17.1 Å². The Bertz CT molecular complexity index is 1380. The summed E-state index contributed by atoms with van der Waals surface area (Å²) < 4.78 is 11.8. The monoisotopic (exact) mass is 464 g/mol. The van der Waals surface area contributed by atoms with Crippen LogP contribution in [0.25, 0.3) is 0 Å². The van der Waals surface area contributed by atoms with E-state index < -0.39 is 23.2 Å². The van der Waals surface area contributed by atoms with E-state index in [2.05, 4.69) is 10.1 Å². The zero-order valence-corrected chi connectivity index (χ0v) is 18.9. The summed E-state index contributed by atoms with van der Waals surface area (Å²) in [5.74, 6) is 0.196. The Morgan fingerprint density at radius 2 is 1.88 bits per heavy atom. The van der Waals surface area contributed by atoms with E-state index in [0.29, 0.717) is 17.1 Å². The van der Waals surface area contributed by atoms with E-state index in [0.717, 1.165) is 10.1 Å². The normalized spacial score (nSPS) is 15.2. The summed E-state index contributed by atoms with van der Waals surface area (Å²) in [6.45, 7) is 1.40. The molecule has 2 aromatic carbocycles. The number of nitrogens with zero attached hydrogens (tertiary/aromatic N) is 3. The minimum atomic E-state index is -0.785. The lowest BCUT2D eigenvalue weighted by atomic mass is 9.98. The number of methoxy groups -OCH3 is 2. The zero-order chi connectivity index (χ0) is 24.4. The zero-order valence-electron chi connectivity index (χ0n) is 18.9. The van der Waals surface area contributed by atoms with Crippen LogP contribution in [0.2, 0.25) is 0 Å². The summed E-state index contributed by atoms with van der Waals surface area (Å²) in [6.07, 6.45) is 0.114. The number of ether oxygens (including phenoxy) is 2. The Kier molecular flexibility index (Phi) is 6.22. The minimum Gasteiger partial charge on any atom is -0.497 e. The number of carbonyl (C=O) groups excluding carboxylic acids is 1. The van der Waals surface area contributed by atoms with Gasteiger partial charge in [-0.05, 0) is 23.8 Å². The molecule has 0 aliphatic carbocycles. The van der Waals surface area contributed by atoms with Crippen molar-refractivity contribution in [3.05, 3.63) is 86.1 Å². The van der Waals surface area contributed by atoms with Gasteiger partial charge in [0.25, 0.3) is 5.56 Å². The summed E-state index contributed by atoms with van der Waals surface area (Å²) in [6, 6.07) is 13.6. The predicted molar refractivity (Wildman–Crippen MR) is 124 cm³/mol. The lowest BCUT2D eigenvalue weighted by molar-refractivity contribution is -0.130. The van der Waals surface area contributed by atoms with Gasteiger partial charge in [0.2, 0.25) is 11.8 Å². The number of H-pyrrole nitrogens is 1. The van der Waals surface area contributed by atoms with Crippen molar-refractivity contribution in [2.45, 2.75) is 25.9 Å². The van der Waals surface area contributed by atoms with E-state index in [1.54, 1.807) is 30.3 Å². The van der Waals surface area contributed by atoms with Crippen LogP contribution in [0, 0.1) is 0 Å². The summed E-state index contributed by atoms with van der Waals surface area (Å²) >= 11 is 0. The minimum absolute atomic E-state index is 0.0477. The molecule has 10 nitrogen and oxygen atoms in total. The van der Waals surface area contributed by atoms with E-state index >= 15 is 0 Å². The number of rotatable bonds is 6. The standard InChI is InChI=1S/C24H24N4O6/c1-14(29)28-19(17-11-16(33-2)9-10-20(17)34-3)12-18(26-28)21-22(30)25-24(32)27(23(21)31)13-15-7-5-4-6-8-15/h4-11,19,31H,12-13H2,1-3H3,(H,25,30,32)/t19-/m0/s1. The van der Waals surface area contributed by atoms with Gasteiger partial charge in [-0.3, -0.25) is 19.1 Å². The van der Waals surface area contributed by atoms with Gasteiger partial charge in [0, 0.05) is 18.9 Å². The molecule has 3 aromatic rings. The molecule has 0 bridgehead atoms. The highest BCUT2D eigenvalue weighted by Crippen LogP contribution is 2.39. The van der Waals surface area contributed by atoms with Crippen molar-refractivity contribution in [2.24, 2.45) is 5.10 Å². The van der Waals surface area contributed by atoms with Crippen molar-refractivity contribution in [1.82, 2.24) is 14.6 Å². The molecule has 2 N–H and O–H groups in total. The van der Waals surface area contributed by atoms with Crippen LogP contribution in [-0.4, -0.2) is 45.5 Å². The molecule has 34 heavy (non-hydrogen) atoms. The van der Waals surface area contributed by atoms with Crippen molar-refractivity contribution in [3.8, 4) is 17.4 Å². The second-order valence-electron chi connectivity index (χ2n) is 7.77. The van der Waals surface area contributed by atoms with Gasteiger partial charge in [-0.2, -0.15) is 5.10 Å². The second-order valence-corrected chi connectivity index (χ2v) is 7.77. The molecule has 1 atom stereocenters. The van der Waals surface area contributed by atoms with Crippen LogP contribution in [0.4, 0.5) is 0 Å². The third kappa shape index (κ3) is 4.17. The number of carbonyl (C=O) groups is 1. The Balaban J connectivity index is 1.79. The number of aromatic nitrogens is 2. The Morgan fingerprint density at radius 1 is 1.15 bits per heavy atom. The third-order valence-electron chi connectivity index (χ3n) is 5.67. The third-order valence-corrected chi connectivity index (χ3v) is 5.67. The molecule has 0 radical (unpaired) electrons. The fourth-order valence-corrected chi connectivity index (χ4v) is 4.03. The van der Waals surface area contributed by atoms with Crippen LogP contribution < -0.4 is 20.7 Å². The molecule has 0 saturated carbocycles. The molecular formula is C24H24N4O6. The second kappa shape index (κ2) is 9.26. The lowest BCUT2D eigenvalue weighted by Gasteiger charge is -2.22. The average molecular weight is 464 g/mol. The van der Waals surface area contributed by atoms with Crippen molar-refractivity contribution in [3.63, 3.8) is 0 Å². The molecule has 0 fully saturated rings. The molecule has 0 unspecified atom stereocenters. The van der Waals surface area contributed by atoms with E-state index in [4.69, 9.17) is 9.47 Å². The highest BCUT2D eigenvalue weighted by molar-refractivity contribution is 6.04.